The van der Waals surface area contributed by atoms with E-state index in [2.05, 4.69) is 16.5 Å². The third-order valence-electron chi connectivity index (χ3n) is 4.92. The van der Waals surface area contributed by atoms with Gasteiger partial charge >= 0.3 is 5.97 Å². The van der Waals surface area contributed by atoms with E-state index in [1.807, 2.05) is 50.2 Å². The number of ether oxygens (including phenoxy) is 1. The largest absolute Gasteiger partial charge is 0.453 e. The Morgan fingerprint density at radius 1 is 1.28 bits per heavy atom. The van der Waals surface area contributed by atoms with E-state index in [-0.39, 0.29) is 11.4 Å². The molecule has 6 nitrogen and oxygen atoms in total. The van der Waals surface area contributed by atoms with E-state index in [4.69, 9.17) is 4.74 Å². The smallest absolute Gasteiger partial charge is 0.349 e. The number of nitrogens with zero attached hydrogens (tertiary/aromatic N) is 2. The van der Waals surface area contributed by atoms with Crippen LogP contribution in [0.4, 0.5) is 0 Å². The molecule has 0 saturated carbocycles. The highest BCUT2D eigenvalue weighted by atomic mass is 16.5. The first-order valence-corrected chi connectivity index (χ1v) is 9.51. The molecular formula is C23H23N3O3. The Balaban J connectivity index is 1.74. The zero-order valence-electron chi connectivity index (χ0n) is 16.8. The zero-order valence-corrected chi connectivity index (χ0v) is 16.8. The number of carbonyl (C=O) groups excluding carboxylic acids is 2. The van der Waals surface area contributed by atoms with Crippen LogP contribution in [-0.2, 0) is 16.1 Å². The van der Waals surface area contributed by atoms with E-state index in [1.54, 1.807) is 6.20 Å². The summed E-state index contributed by atoms with van der Waals surface area (Å²) in [5, 5.41) is 10.2. The number of carbonyl (C=O) groups is 2. The molecule has 0 bridgehead atoms. The molecule has 0 fully saturated rings. The fourth-order valence-corrected chi connectivity index (χ4v) is 3.42. The lowest BCUT2D eigenvalue weighted by Gasteiger charge is -2.07. The second-order valence-electron chi connectivity index (χ2n) is 6.90. The van der Waals surface area contributed by atoms with Crippen molar-refractivity contribution >= 4 is 28.7 Å². The minimum atomic E-state index is -0.805. The SMILES string of the molecule is CCCn1c(C)cc(/C=C(/C#N)C(=O)OCC(=O)c2c[nH]c3ccccc23)c1C. The first kappa shape index (κ1) is 20.2. The molecule has 0 aliphatic rings. The number of benzene rings is 1. The molecule has 0 atom stereocenters. The predicted molar refractivity (Wildman–Crippen MR) is 111 cm³/mol. The van der Waals surface area contributed by atoms with E-state index in [0.29, 0.717) is 5.56 Å². The molecule has 0 aliphatic heterocycles. The molecule has 2 heterocycles. The molecule has 6 heteroatoms. The lowest BCUT2D eigenvalue weighted by atomic mass is 10.1. The van der Waals surface area contributed by atoms with Crippen LogP contribution in [0.25, 0.3) is 17.0 Å². The Morgan fingerprint density at radius 2 is 2.03 bits per heavy atom. The second-order valence-corrected chi connectivity index (χ2v) is 6.90. The Bertz CT molecular complexity index is 1140. The first-order chi connectivity index (χ1) is 14.0. The summed E-state index contributed by atoms with van der Waals surface area (Å²) in [6.45, 7) is 6.49. The van der Waals surface area contributed by atoms with Crippen molar-refractivity contribution in [3.63, 3.8) is 0 Å². The number of H-pyrrole nitrogens is 1. The van der Waals surface area contributed by atoms with Crippen molar-refractivity contribution in [1.82, 2.24) is 9.55 Å². The van der Waals surface area contributed by atoms with Gasteiger partial charge < -0.3 is 14.3 Å². The normalized spacial score (nSPS) is 11.4. The van der Waals surface area contributed by atoms with Gasteiger partial charge in [-0.25, -0.2) is 4.79 Å². The first-order valence-electron chi connectivity index (χ1n) is 9.51. The van der Waals surface area contributed by atoms with Gasteiger partial charge in [-0.05, 0) is 44.0 Å². The van der Waals surface area contributed by atoms with E-state index >= 15 is 0 Å². The molecule has 1 N–H and O–H groups in total. The number of nitrogens with one attached hydrogen (secondary N) is 1. The quantitative estimate of drug-likeness (QED) is 0.282. The number of rotatable bonds is 7. The molecule has 3 aromatic rings. The van der Waals surface area contributed by atoms with Crippen molar-refractivity contribution in [3.05, 3.63) is 64.6 Å². The molecule has 2 aromatic heterocycles. The average molecular weight is 389 g/mol. The lowest BCUT2D eigenvalue weighted by Crippen LogP contribution is -2.15. The maximum Gasteiger partial charge on any atom is 0.349 e. The molecule has 0 radical (unpaired) electrons. The Morgan fingerprint density at radius 3 is 2.76 bits per heavy atom. The van der Waals surface area contributed by atoms with Crippen LogP contribution in [0.1, 0.15) is 40.7 Å². The van der Waals surface area contributed by atoms with Crippen molar-refractivity contribution < 1.29 is 14.3 Å². The maximum atomic E-state index is 12.5. The second kappa shape index (κ2) is 8.61. The standard InChI is InChI=1S/C23H23N3O3/c1-4-9-26-15(2)10-17(16(26)3)11-18(12-24)23(28)29-14-22(27)20-13-25-21-8-6-5-7-19(20)21/h5-8,10-11,13,25H,4,9,14H2,1-3H3/b18-11-. The number of nitriles is 1. The summed E-state index contributed by atoms with van der Waals surface area (Å²) in [6, 6.07) is 11.2. The topological polar surface area (TPSA) is 87.9 Å². The van der Waals surface area contributed by atoms with Gasteiger partial charge in [-0.3, -0.25) is 4.79 Å². The summed E-state index contributed by atoms with van der Waals surface area (Å²) in [4.78, 5) is 27.8. The Kier molecular flexibility index (Phi) is 5.99. The monoisotopic (exact) mass is 389 g/mol. The number of para-hydroxylation sites is 1. The van der Waals surface area contributed by atoms with Gasteiger partial charge in [0.1, 0.15) is 11.6 Å². The summed E-state index contributed by atoms with van der Waals surface area (Å²) >= 11 is 0. The number of fused-ring (bicyclic) bond motifs is 1. The summed E-state index contributed by atoms with van der Waals surface area (Å²) < 4.78 is 7.27. The minimum absolute atomic E-state index is 0.131. The van der Waals surface area contributed by atoms with Crippen molar-refractivity contribution in [3.8, 4) is 6.07 Å². The van der Waals surface area contributed by atoms with Gasteiger partial charge in [-0.2, -0.15) is 5.26 Å². The fraction of sp³-hybridized carbons (Fsp3) is 0.261. The molecule has 3 rings (SSSR count). The summed E-state index contributed by atoms with van der Waals surface area (Å²) in [6.07, 6.45) is 4.11. The average Bonchev–Trinajstić information content (AvgIpc) is 3.26. The van der Waals surface area contributed by atoms with Crippen LogP contribution in [-0.4, -0.2) is 27.9 Å². The van der Waals surface area contributed by atoms with Gasteiger partial charge in [0.05, 0.1) is 0 Å². The number of aromatic nitrogens is 2. The van der Waals surface area contributed by atoms with Crippen LogP contribution in [0.5, 0.6) is 0 Å². The van der Waals surface area contributed by atoms with Crippen molar-refractivity contribution in [2.75, 3.05) is 6.61 Å². The third kappa shape index (κ3) is 4.14. The van der Waals surface area contributed by atoms with Gasteiger partial charge in [0.2, 0.25) is 5.78 Å². The number of ketones is 1. The van der Waals surface area contributed by atoms with Crippen molar-refractivity contribution in [2.24, 2.45) is 0 Å². The van der Waals surface area contributed by atoms with Gasteiger partial charge in [0.25, 0.3) is 0 Å². The molecule has 0 spiro atoms. The molecule has 0 saturated heterocycles. The Hall–Kier alpha value is -3.59. The summed E-state index contributed by atoms with van der Waals surface area (Å²) in [5.74, 6) is -1.13. The number of Topliss-reactive ketones (excluding diaryl/α,β-unsaturated/α-hetero) is 1. The van der Waals surface area contributed by atoms with Gasteiger partial charge in [-0.1, -0.05) is 25.1 Å². The molecule has 148 valence electrons. The van der Waals surface area contributed by atoms with Crippen LogP contribution in [0.3, 0.4) is 0 Å². The molecular weight excluding hydrogens is 366 g/mol. The third-order valence-corrected chi connectivity index (χ3v) is 4.92. The summed E-state index contributed by atoms with van der Waals surface area (Å²) in [5.41, 5.74) is 4.01. The Labute approximate surface area is 169 Å². The molecule has 0 aliphatic carbocycles. The van der Waals surface area contributed by atoms with Gasteiger partial charge in [-0.15, -0.1) is 0 Å². The predicted octanol–water partition coefficient (Wildman–Crippen LogP) is 4.33. The fourth-order valence-electron chi connectivity index (χ4n) is 3.42. The van der Waals surface area contributed by atoms with E-state index in [1.165, 1.54) is 6.08 Å². The zero-order chi connectivity index (χ0) is 21.0. The van der Waals surface area contributed by atoms with E-state index < -0.39 is 12.6 Å². The van der Waals surface area contributed by atoms with Crippen LogP contribution >= 0.6 is 0 Å². The highest BCUT2D eigenvalue weighted by Gasteiger charge is 2.17. The van der Waals surface area contributed by atoms with Crippen LogP contribution in [0.15, 0.2) is 42.1 Å². The number of aryl methyl sites for hydroxylation is 1. The highest BCUT2D eigenvalue weighted by molar-refractivity contribution is 6.09. The lowest BCUT2D eigenvalue weighted by molar-refractivity contribution is -0.137. The van der Waals surface area contributed by atoms with E-state index in [9.17, 15) is 14.9 Å². The van der Waals surface area contributed by atoms with Gasteiger partial charge in [0.15, 0.2) is 6.61 Å². The number of hydrogen-bond acceptors (Lipinski definition) is 4. The van der Waals surface area contributed by atoms with Crippen molar-refractivity contribution in [2.45, 2.75) is 33.7 Å². The molecule has 29 heavy (non-hydrogen) atoms. The highest BCUT2D eigenvalue weighted by Crippen LogP contribution is 2.20. The minimum Gasteiger partial charge on any atom is -0.453 e. The van der Waals surface area contributed by atoms with Crippen LogP contribution in [0.2, 0.25) is 0 Å². The van der Waals surface area contributed by atoms with Gasteiger partial charge in [0, 0.05) is 40.6 Å². The summed E-state index contributed by atoms with van der Waals surface area (Å²) in [7, 11) is 0. The molecule has 0 unspecified atom stereocenters. The van der Waals surface area contributed by atoms with Crippen molar-refractivity contribution in [1.29, 1.82) is 5.26 Å². The van der Waals surface area contributed by atoms with Crippen LogP contribution in [0, 0.1) is 25.2 Å². The molecule has 1 aromatic carbocycles. The maximum absolute atomic E-state index is 12.5. The number of esters is 1. The molecule has 0 amide bonds. The number of aromatic amines is 1. The number of hydrogen-bond donors (Lipinski definition) is 1. The van der Waals surface area contributed by atoms with Crippen LogP contribution < -0.4 is 0 Å². The van der Waals surface area contributed by atoms with E-state index in [0.717, 1.165) is 40.8 Å².